The maximum Gasteiger partial charge on any atom is 0.401 e. The van der Waals surface area contributed by atoms with Crippen molar-refractivity contribution < 1.29 is 17.6 Å². The quantitative estimate of drug-likeness (QED) is 0.448. The Balaban J connectivity index is 1.40. The lowest BCUT2D eigenvalue weighted by Gasteiger charge is -2.42. The van der Waals surface area contributed by atoms with Crippen molar-refractivity contribution in [2.24, 2.45) is 7.05 Å². The minimum atomic E-state index is -4.37. The Hall–Kier alpha value is -3.70. The molecule has 4 aromatic rings. The van der Waals surface area contributed by atoms with E-state index >= 15 is 0 Å². The number of nitrogens with one attached hydrogen (secondary N) is 1. The van der Waals surface area contributed by atoms with E-state index in [0.29, 0.717) is 54.8 Å². The largest absolute Gasteiger partial charge is 0.440 e. The van der Waals surface area contributed by atoms with Crippen LogP contribution in [0.2, 0.25) is 0 Å². The third kappa shape index (κ3) is 3.34. The molecular weight excluding hydrogens is 461 g/mol. The molecule has 0 radical (unpaired) electrons. The number of fused-ring (bicyclic) bond motifs is 3. The third-order valence-electron chi connectivity index (χ3n) is 7.03. The summed E-state index contributed by atoms with van der Waals surface area (Å²) in [6.07, 6.45) is 0.780. The molecule has 0 amide bonds. The number of hydrogen-bond acceptors (Lipinski definition) is 7. The van der Waals surface area contributed by atoms with Crippen molar-refractivity contribution in [2.45, 2.75) is 57.2 Å². The van der Waals surface area contributed by atoms with Gasteiger partial charge in [0.1, 0.15) is 28.6 Å². The predicted octanol–water partition coefficient (Wildman–Crippen LogP) is 4.71. The zero-order valence-corrected chi connectivity index (χ0v) is 19.2. The predicted molar refractivity (Wildman–Crippen MR) is 120 cm³/mol. The summed E-state index contributed by atoms with van der Waals surface area (Å²) in [5.41, 5.74) is 0.105. The number of aryl methyl sites for hydroxylation is 3. The smallest absolute Gasteiger partial charge is 0.401 e. The van der Waals surface area contributed by atoms with Crippen LogP contribution in [0.25, 0.3) is 23.0 Å². The SMILES string of the molecule is Cc1cnc(Nc2ccnn2C)cc1-c1nc2c(o1)CCCn1c-2nnc1C1(C(F)(F)F)CCC1. The van der Waals surface area contributed by atoms with Gasteiger partial charge in [-0.25, -0.2) is 9.97 Å². The van der Waals surface area contributed by atoms with E-state index in [9.17, 15) is 13.2 Å². The van der Waals surface area contributed by atoms with Gasteiger partial charge in [0, 0.05) is 37.8 Å². The summed E-state index contributed by atoms with van der Waals surface area (Å²) in [5, 5.41) is 15.6. The number of aromatic nitrogens is 7. The fourth-order valence-electron chi connectivity index (χ4n) is 4.87. The van der Waals surface area contributed by atoms with Gasteiger partial charge in [0.15, 0.2) is 11.5 Å². The van der Waals surface area contributed by atoms with Crippen LogP contribution in [0.3, 0.4) is 0 Å². The van der Waals surface area contributed by atoms with Crippen molar-refractivity contribution in [1.82, 2.24) is 34.5 Å². The number of halogens is 3. The van der Waals surface area contributed by atoms with Gasteiger partial charge in [-0.2, -0.15) is 18.3 Å². The van der Waals surface area contributed by atoms with Gasteiger partial charge < -0.3 is 14.3 Å². The zero-order chi connectivity index (χ0) is 24.4. The number of hydrogen-bond donors (Lipinski definition) is 1. The Morgan fingerprint density at radius 3 is 2.69 bits per heavy atom. The van der Waals surface area contributed by atoms with Gasteiger partial charge in [-0.15, -0.1) is 10.2 Å². The fraction of sp³-hybridized carbons (Fsp3) is 0.435. The van der Waals surface area contributed by atoms with Crippen molar-refractivity contribution in [3.05, 3.63) is 41.7 Å². The standard InChI is InChI=1S/C23H23F3N8O/c1-13-12-27-16(29-17-6-9-28-33(17)2)11-14(13)20-30-18-15(35-20)5-3-10-34-19(18)31-32-21(34)22(7-4-8-22)23(24,25)26/h6,9,11-12H,3-5,7-8,10H2,1-2H3,(H,27,29). The van der Waals surface area contributed by atoms with E-state index in [-0.39, 0.29) is 18.7 Å². The average molecular weight is 484 g/mol. The monoisotopic (exact) mass is 484 g/mol. The minimum Gasteiger partial charge on any atom is -0.440 e. The van der Waals surface area contributed by atoms with Crippen molar-refractivity contribution in [3.63, 3.8) is 0 Å². The van der Waals surface area contributed by atoms with E-state index in [0.717, 1.165) is 16.9 Å². The number of rotatable bonds is 4. The number of oxazole rings is 1. The Morgan fingerprint density at radius 2 is 2.00 bits per heavy atom. The van der Waals surface area contributed by atoms with Crippen LogP contribution in [0.1, 0.15) is 42.8 Å². The minimum absolute atomic E-state index is 0.00796. The maximum atomic E-state index is 14.0. The van der Waals surface area contributed by atoms with Crippen LogP contribution in [0.5, 0.6) is 0 Å². The second-order valence-electron chi connectivity index (χ2n) is 9.18. The lowest BCUT2D eigenvalue weighted by molar-refractivity contribution is -0.216. The van der Waals surface area contributed by atoms with Crippen LogP contribution >= 0.6 is 0 Å². The Kier molecular flexibility index (Phi) is 4.77. The van der Waals surface area contributed by atoms with Gasteiger partial charge in [0.05, 0.1) is 6.20 Å². The molecule has 0 bridgehead atoms. The molecule has 0 unspecified atom stereocenters. The van der Waals surface area contributed by atoms with Crippen molar-refractivity contribution in [2.75, 3.05) is 5.32 Å². The van der Waals surface area contributed by atoms with Crippen LogP contribution in [-0.2, 0) is 25.4 Å². The highest BCUT2D eigenvalue weighted by Crippen LogP contribution is 2.54. The Bertz CT molecular complexity index is 1410. The van der Waals surface area contributed by atoms with Crippen LogP contribution in [-0.4, -0.2) is 40.7 Å². The van der Waals surface area contributed by atoms with Gasteiger partial charge in [-0.1, -0.05) is 6.42 Å². The van der Waals surface area contributed by atoms with E-state index in [2.05, 4.69) is 25.6 Å². The summed E-state index contributed by atoms with van der Waals surface area (Å²) in [7, 11) is 1.82. The summed E-state index contributed by atoms with van der Waals surface area (Å²) in [6.45, 7) is 2.29. The van der Waals surface area contributed by atoms with Gasteiger partial charge >= 0.3 is 6.18 Å². The van der Waals surface area contributed by atoms with Crippen LogP contribution in [0.4, 0.5) is 24.8 Å². The highest BCUT2D eigenvalue weighted by molar-refractivity contribution is 5.68. The summed E-state index contributed by atoms with van der Waals surface area (Å²) >= 11 is 0. The first-order chi connectivity index (χ1) is 16.8. The molecule has 1 fully saturated rings. The van der Waals surface area contributed by atoms with Gasteiger partial charge in [-0.3, -0.25) is 4.68 Å². The summed E-state index contributed by atoms with van der Waals surface area (Å²) in [5.74, 6) is 2.65. The molecule has 182 valence electrons. The second kappa shape index (κ2) is 7.65. The first kappa shape index (κ1) is 21.8. The zero-order valence-electron chi connectivity index (χ0n) is 19.2. The van der Waals surface area contributed by atoms with E-state index in [4.69, 9.17) is 9.40 Å². The van der Waals surface area contributed by atoms with Gasteiger partial charge in [0.2, 0.25) is 5.89 Å². The molecule has 9 nitrogen and oxygen atoms in total. The van der Waals surface area contributed by atoms with Crippen molar-refractivity contribution >= 4 is 11.6 Å². The summed E-state index contributed by atoms with van der Waals surface area (Å²) in [4.78, 5) is 9.12. The van der Waals surface area contributed by atoms with E-state index < -0.39 is 11.6 Å². The van der Waals surface area contributed by atoms with Crippen LogP contribution in [0.15, 0.2) is 28.9 Å². The first-order valence-corrected chi connectivity index (χ1v) is 11.5. The van der Waals surface area contributed by atoms with E-state index in [1.54, 1.807) is 21.6 Å². The highest BCUT2D eigenvalue weighted by atomic mass is 19.4. The molecule has 1 aliphatic heterocycles. The third-order valence-corrected chi connectivity index (χ3v) is 7.03. The number of nitrogens with zero attached hydrogens (tertiary/aromatic N) is 7. The van der Waals surface area contributed by atoms with Crippen molar-refractivity contribution in [1.29, 1.82) is 0 Å². The summed E-state index contributed by atoms with van der Waals surface area (Å²) < 4.78 is 51.5. The second-order valence-corrected chi connectivity index (χ2v) is 9.18. The molecule has 4 aromatic heterocycles. The molecule has 0 aromatic carbocycles. The maximum absolute atomic E-state index is 14.0. The first-order valence-electron chi connectivity index (χ1n) is 11.5. The van der Waals surface area contributed by atoms with E-state index in [1.165, 1.54) is 0 Å². The van der Waals surface area contributed by atoms with E-state index in [1.807, 2.05) is 26.1 Å². The molecular formula is C23H23F3N8O. The number of anilines is 2. The number of alkyl halides is 3. The highest BCUT2D eigenvalue weighted by Gasteiger charge is 2.62. The Labute approximate surface area is 198 Å². The molecule has 0 saturated heterocycles. The van der Waals surface area contributed by atoms with Gasteiger partial charge in [-0.05, 0) is 37.8 Å². The molecule has 1 saturated carbocycles. The molecule has 2 aliphatic rings. The fourth-order valence-corrected chi connectivity index (χ4v) is 4.87. The summed E-state index contributed by atoms with van der Waals surface area (Å²) in [6, 6.07) is 3.66. The molecule has 5 heterocycles. The molecule has 0 spiro atoms. The van der Waals surface area contributed by atoms with Crippen LogP contribution < -0.4 is 5.32 Å². The van der Waals surface area contributed by atoms with Crippen LogP contribution in [0, 0.1) is 6.92 Å². The topological polar surface area (TPSA) is 99.5 Å². The molecule has 12 heteroatoms. The molecule has 35 heavy (non-hydrogen) atoms. The van der Waals surface area contributed by atoms with Gasteiger partial charge in [0.25, 0.3) is 0 Å². The normalized spacial score (nSPS) is 16.8. The molecule has 1 N–H and O–H groups in total. The van der Waals surface area contributed by atoms with Crippen molar-refractivity contribution in [3.8, 4) is 23.0 Å². The lowest BCUT2D eigenvalue weighted by atomic mass is 9.67. The molecule has 1 aliphatic carbocycles. The molecule has 0 atom stereocenters. The molecule has 6 rings (SSSR count). The average Bonchev–Trinajstić information content (AvgIpc) is 3.45. The lowest BCUT2D eigenvalue weighted by Crippen LogP contribution is -2.49. The Morgan fingerprint density at radius 1 is 1.17 bits per heavy atom. The number of pyridine rings is 1.